The molecule has 0 saturated carbocycles. The van der Waals surface area contributed by atoms with Crippen LogP contribution in [0.5, 0.6) is 0 Å². The van der Waals surface area contributed by atoms with Crippen molar-refractivity contribution in [1.82, 2.24) is 15.3 Å². The molecule has 90 valence electrons. The third-order valence-corrected chi connectivity index (χ3v) is 2.67. The third-order valence-electron chi connectivity index (χ3n) is 2.44. The van der Waals surface area contributed by atoms with Crippen LogP contribution in [0.4, 0.5) is 0 Å². The predicted octanol–water partition coefficient (Wildman–Crippen LogP) is 2.08. The highest BCUT2D eigenvalue weighted by Crippen LogP contribution is 2.14. The topological polar surface area (TPSA) is 57.8 Å². The Kier molecular flexibility index (Phi) is 3.76. The van der Waals surface area contributed by atoms with Crippen molar-refractivity contribution in [3.63, 3.8) is 0 Å². The Morgan fingerprint density at radius 1 is 1.47 bits per heavy atom. The van der Waals surface area contributed by atoms with Gasteiger partial charge in [0.1, 0.15) is 5.82 Å². The van der Waals surface area contributed by atoms with E-state index in [0.29, 0.717) is 28.3 Å². The molecule has 5 heteroatoms. The number of nitrogens with one attached hydrogen (secondary N) is 2. The summed E-state index contributed by atoms with van der Waals surface area (Å²) in [6.07, 6.45) is 1.05. The van der Waals surface area contributed by atoms with Gasteiger partial charge in [-0.2, -0.15) is 0 Å². The normalized spacial score (nSPS) is 10.9. The molecule has 17 heavy (non-hydrogen) atoms. The first-order valence-electron chi connectivity index (χ1n) is 5.60. The summed E-state index contributed by atoms with van der Waals surface area (Å²) in [5, 5.41) is 4.34. The number of aromatic nitrogens is 2. The second-order valence-electron chi connectivity index (χ2n) is 3.85. The minimum absolute atomic E-state index is 0.125. The van der Waals surface area contributed by atoms with E-state index < -0.39 is 0 Å². The van der Waals surface area contributed by atoms with Crippen LogP contribution >= 0.6 is 11.6 Å². The first-order valence-corrected chi connectivity index (χ1v) is 5.97. The number of aromatic amines is 1. The van der Waals surface area contributed by atoms with Crippen molar-refractivity contribution in [1.29, 1.82) is 0 Å². The molecule has 0 radical (unpaired) electrons. The smallest absolute Gasteiger partial charge is 0.258 e. The van der Waals surface area contributed by atoms with Gasteiger partial charge in [0, 0.05) is 5.02 Å². The van der Waals surface area contributed by atoms with Crippen molar-refractivity contribution >= 4 is 22.5 Å². The number of hydrogen-bond donors (Lipinski definition) is 2. The van der Waals surface area contributed by atoms with Crippen LogP contribution in [0.25, 0.3) is 10.9 Å². The lowest BCUT2D eigenvalue weighted by atomic mass is 10.2. The molecule has 4 nitrogen and oxygen atoms in total. The molecule has 0 saturated heterocycles. The van der Waals surface area contributed by atoms with Crippen molar-refractivity contribution in [2.45, 2.75) is 19.9 Å². The second kappa shape index (κ2) is 5.29. The van der Waals surface area contributed by atoms with Crippen LogP contribution in [0.15, 0.2) is 23.0 Å². The zero-order valence-electron chi connectivity index (χ0n) is 9.59. The maximum Gasteiger partial charge on any atom is 0.258 e. The lowest BCUT2D eigenvalue weighted by Crippen LogP contribution is -2.20. The number of benzene rings is 1. The molecular formula is C12H14ClN3O. The van der Waals surface area contributed by atoms with E-state index in [1.54, 1.807) is 18.2 Å². The summed E-state index contributed by atoms with van der Waals surface area (Å²) in [4.78, 5) is 18.9. The molecular weight excluding hydrogens is 238 g/mol. The Bertz CT molecular complexity index is 579. The van der Waals surface area contributed by atoms with Crippen LogP contribution in [-0.4, -0.2) is 16.5 Å². The van der Waals surface area contributed by atoms with E-state index in [-0.39, 0.29) is 5.56 Å². The van der Waals surface area contributed by atoms with Crippen LogP contribution < -0.4 is 10.9 Å². The lowest BCUT2D eigenvalue weighted by molar-refractivity contribution is 0.651. The van der Waals surface area contributed by atoms with Crippen LogP contribution in [0.3, 0.4) is 0 Å². The molecule has 1 aromatic heterocycles. The average Bonchev–Trinajstić information content (AvgIpc) is 2.28. The van der Waals surface area contributed by atoms with Gasteiger partial charge in [-0.1, -0.05) is 18.5 Å². The van der Waals surface area contributed by atoms with Crippen molar-refractivity contribution in [2.75, 3.05) is 6.54 Å². The van der Waals surface area contributed by atoms with Crippen molar-refractivity contribution in [3.8, 4) is 0 Å². The summed E-state index contributed by atoms with van der Waals surface area (Å²) < 4.78 is 0. The SMILES string of the molecule is CCCNCc1nc2cc(Cl)ccc2c(=O)[nH]1. The van der Waals surface area contributed by atoms with Gasteiger partial charge in [0.2, 0.25) is 0 Å². The molecule has 1 aromatic carbocycles. The molecule has 2 N–H and O–H groups in total. The molecule has 2 rings (SSSR count). The molecule has 0 aliphatic heterocycles. The average molecular weight is 252 g/mol. The van der Waals surface area contributed by atoms with Crippen LogP contribution in [0.2, 0.25) is 5.02 Å². The number of H-pyrrole nitrogens is 1. The summed E-state index contributed by atoms with van der Waals surface area (Å²) >= 11 is 5.88. The molecule has 0 aliphatic carbocycles. The molecule has 0 aliphatic rings. The first kappa shape index (κ1) is 12.1. The highest BCUT2D eigenvalue weighted by Gasteiger charge is 2.03. The van der Waals surface area contributed by atoms with Gasteiger partial charge in [0.05, 0.1) is 17.4 Å². The zero-order valence-corrected chi connectivity index (χ0v) is 10.3. The maximum atomic E-state index is 11.8. The molecule has 1 heterocycles. The van der Waals surface area contributed by atoms with E-state index in [0.717, 1.165) is 13.0 Å². The molecule has 0 bridgehead atoms. The molecule has 0 fully saturated rings. The van der Waals surface area contributed by atoms with E-state index in [4.69, 9.17) is 11.6 Å². The van der Waals surface area contributed by atoms with Crippen molar-refractivity contribution in [2.24, 2.45) is 0 Å². The maximum absolute atomic E-state index is 11.8. The Morgan fingerprint density at radius 3 is 3.06 bits per heavy atom. The Labute approximate surface area is 104 Å². The fraction of sp³-hybridized carbons (Fsp3) is 0.333. The third kappa shape index (κ3) is 2.84. The monoisotopic (exact) mass is 251 g/mol. The lowest BCUT2D eigenvalue weighted by Gasteiger charge is -2.04. The molecule has 0 unspecified atom stereocenters. The fourth-order valence-electron chi connectivity index (χ4n) is 1.63. The summed E-state index contributed by atoms with van der Waals surface area (Å²) in [5.41, 5.74) is 0.509. The summed E-state index contributed by atoms with van der Waals surface area (Å²) in [5.74, 6) is 0.637. The van der Waals surface area contributed by atoms with E-state index >= 15 is 0 Å². The largest absolute Gasteiger partial charge is 0.310 e. The van der Waals surface area contributed by atoms with E-state index in [9.17, 15) is 4.79 Å². The fourth-order valence-corrected chi connectivity index (χ4v) is 1.79. The predicted molar refractivity (Wildman–Crippen MR) is 69.4 cm³/mol. The summed E-state index contributed by atoms with van der Waals surface area (Å²) in [6, 6.07) is 5.08. The van der Waals surface area contributed by atoms with Gasteiger partial charge in [-0.3, -0.25) is 4.79 Å². The number of fused-ring (bicyclic) bond motifs is 1. The van der Waals surface area contributed by atoms with Gasteiger partial charge >= 0.3 is 0 Å². The highest BCUT2D eigenvalue weighted by atomic mass is 35.5. The van der Waals surface area contributed by atoms with Gasteiger partial charge in [0.15, 0.2) is 0 Å². The van der Waals surface area contributed by atoms with E-state index in [2.05, 4.69) is 22.2 Å². The number of rotatable bonds is 4. The van der Waals surface area contributed by atoms with Gasteiger partial charge in [-0.05, 0) is 31.2 Å². The van der Waals surface area contributed by atoms with Crippen LogP contribution in [0.1, 0.15) is 19.2 Å². The Hall–Kier alpha value is -1.39. The van der Waals surface area contributed by atoms with E-state index in [1.807, 2.05) is 0 Å². The standard InChI is InChI=1S/C12H14ClN3O/c1-2-5-14-7-11-15-10-6-8(13)3-4-9(10)12(17)16-11/h3-4,6,14H,2,5,7H2,1H3,(H,15,16,17). The Balaban J connectivity index is 2.36. The van der Waals surface area contributed by atoms with E-state index in [1.165, 1.54) is 0 Å². The Morgan fingerprint density at radius 2 is 2.29 bits per heavy atom. The van der Waals surface area contributed by atoms with Crippen LogP contribution in [-0.2, 0) is 6.54 Å². The van der Waals surface area contributed by atoms with Gasteiger partial charge in [-0.15, -0.1) is 0 Å². The quantitative estimate of drug-likeness (QED) is 0.818. The van der Waals surface area contributed by atoms with Gasteiger partial charge < -0.3 is 10.3 Å². The van der Waals surface area contributed by atoms with Gasteiger partial charge in [0.25, 0.3) is 5.56 Å². The van der Waals surface area contributed by atoms with Gasteiger partial charge in [-0.25, -0.2) is 4.98 Å². The van der Waals surface area contributed by atoms with Crippen LogP contribution in [0, 0.1) is 0 Å². The summed E-state index contributed by atoms with van der Waals surface area (Å²) in [6.45, 7) is 3.55. The summed E-state index contributed by atoms with van der Waals surface area (Å²) in [7, 11) is 0. The second-order valence-corrected chi connectivity index (χ2v) is 4.29. The number of hydrogen-bond acceptors (Lipinski definition) is 3. The number of halogens is 1. The molecule has 0 atom stereocenters. The molecule has 2 aromatic rings. The minimum Gasteiger partial charge on any atom is -0.310 e. The zero-order chi connectivity index (χ0) is 12.3. The minimum atomic E-state index is -0.125. The first-order chi connectivity index (χ1) is 8.20. The number of nitrogens with zero attached hydrogens (tertiary/aromatic N) is 1. The molecule has 0 spiro atoms. The molecule has 0 amide bonds. The van der Waals surface area contributed by atoms with Crippen molar-refractivity contribution in [3.05, 3.63) is 39.4 Å². The van der Waals surface area contributed by atoms with Crippen molar-refractivity contribution < 1.29 is 0 Å². The highest BCUT2D eigenvalue weighted by molar-refractivity contribution is 6.31.